The van der Waals surface area contributed by atoms with E-state index in [0.717, 1.165) is 22.4 Å². The molecular formula is C33H31NO7. The van der Waals surface area contributed by atoms with Gasteiger partial charge in [-0.15, -0.1) is 0 Å². The Labute approximate surface area is 238 Å². The number of carbonyl (C=O) groups is 2. The van der Waals surface area contributed by atoms with Gasteiger partial charge in [0, 0.05) is 0 Å². The van der Waals surface area contributed by atoms with Crippen LogP contribution in [0.3, 0.4) is 0 Å². The van der Waals surface area contributed by atoms with Gasteiger partial charge in [-0.2, -0.15) is 0 Å². The molecule has 1 heterocycles. The molecule has 0 unspecified atom stereocenters. The molecule has 0 spiro atoms. The summed E-state index contributed by atoms with van der Waals surface area (Å²) in [7, 11) is 0. The molecule has 5 rings (SSSR count). The van der Waals surface area contributed by atoms with Crippen LogP contribution in [0.25, 0.3) is 0 Å². The van der Waals surface area contributed by atoms with Crippen LogP contribution in [0.4, 0.5) is 4.79 Å². The molecule has 1 aliphatic rings. The normalized spacial score (nSPS) is 18.1. The first kappa shape index (κ1) is 27.9. The van der Waals surface area contributed by atoms with Crippen molar-refractivity contribution >= 4 is 12.1 Å². The molecule has 1 aliphatic heterocycles. The van der Waals surface area contributed by atoms with Gasteiger partial charge in [0.1, 0.15) is 36.9 Å². The second-order valence-corrected chi connectivity index (χ2v) is 9.63. The van der Waals surface area contributed by atoms with Gasteiger partial charge < -0.3 is 24.1 Å². The second-order valence-electron chi connectivity index (χ2n) is 9.63. The van der Waals surface area contributed by atoms with Gasteiger partial charge in [0.2, 0.25) is 0 Å². The van der Waals surface area contributed by atoms with E-state index in [1.165, 1.54) is 4.90 Å². The van der Waals surface area contributed by atoms with Crippen LogP contribution < -0.4 is 4.74 Å². The third kappa shape index (κ3) is 7.51. The highest BCUT2D eigenvalue weighted by atomic mass is 16.6. The molecule has 41 heavy (non-hydrogen) atoms. The van der Waals surface area contributed by atoms with Gasteiger partial charge in [-0.3, -0.25) is 4.90 Å². The Morgan fingerprint density at radius 3 is 1.78 bits per heavy atom. The van der Waals surface area contributed by atoms with Crippen molar-refractivity contribution in [1.82, 2.24) is 4.90 Å². The lowest BCUT2D eigenvalue weighted by molar-refractivity contribution is -0.153. The summed E-state index contributed by atoms with van der Waals surface area (Å²) in [5.74, 6) is 0.677. The van der Waals surface area contributed by atoms with Crippen LogP contribution >= 0.6 is 0 Å². The minimum atomic E-state index is -1.30. The lowest BCUT2D eigenvalue weighted by Crippen LogP contribution is -2.46. The van der Waals surface area contributed by atoms with Crippen LogP contribution in [0.1, 0.15) is 16.7 Å². The molecule has 4 aromatic rings. The zero-order valence-corrected chi connectivity index (χ0v) is 22.4. The van der Waals surface area contributed by atoms with Crippen molar-refractivity contribution in [2.45, 2.75) is 38.1 Å². The van der Waals surface area contributed by atoms with Gasteiger partial charge in [0.25, 0.3) is 0 Å². The van der Waals surface area contributed by atoms with Gasteiger partial charge in [-0.05, 0) is 41.0 Å². The van der Waals surface area contributed by atoms with E-state index in [-0.39, 0.29) is 26.4 Å². The van der Waals surface area contributed by atoms with Crippen molar-refractivity contribution in [1.29, 1.82) is 0 Å². The largest absolute Gasteiger partial charge is 0.459 e. The van der Waals surface area contributed by atoms with Gasteiger partial charge in [0.05, 0.1) is 13.2 Å². The first-order chi connectivity index (χ1) is 20.1. The fourth-order valence-electron chi connectivity index (χ4n) is 4.51. The molecule has 1 fully saturated rings. The van der Waals surface area contributed by atoms with E-state index >= 15 is 0 Å². The topological polar surface area (TPSA) is 94.5 Å². The zero-order chi connectivity index (χ0) is 28.4. The van der Waals surface area contributed by atoms with Crippen molar-refractivity contribution < 1.29 is 33.6 Å². The molecule has 3 atom stereocenters. The summed E-state index contributed by atoms with van der Waals surface area (Å²) in [6.07, 6.45) is -2.86. The van der Waals surface area contributed by atoms with Crippen LogP contribution in [-0.4, -0.2) is 46.9 Å². The lowest BCUT2D eigenvalue weighted by Gasteiger charge is -2.23. The number of amides is 1. The molecule has 1 N–H and O–H groups in total. The number of rotatable bonds is 10. The third-order valence-corrected chi connectivity index (χ3v) is 6.69. The molecule has 8 heteroatoms. The third-order valence-electron chi connectivity index (χ3n) is 6.69. The molecule has 4 aromatic carbocycles. The summed E-state index contributed by atoms with van der Waals surface area (Å²) in [4.78, 5) is 27.4. The van der Waals surface area contributed by atoms with Crippen LogP contribution in [-0.2, 0) is 38.8 Å². The Morgan fingerprint density at radius 1 is 0.659 bits per heavy atom. The molecule has 8 nitrogen and oxygen atoms in total. The summed E-state index contributed by atoms with van der Waals surface area (Å²) in [6, 6.07) is 34.0. The van der Waals surface area contributed by atoms with Gasteiger partial charge in [0.15, 0.2) is 6.04 Å². The van der Waals surface area contributed by atoms with Crippen LogP contribution in [0, 0.1) is 0 Å². The molecule has 0 saturated carbocycles. The number of hydrogen-bond donors (Lipinski definition) is 1. The lowest BCUT2D eigenvalue weighted by atomic mass is 10.1. The Bertz CT molecular complexity index is 1400. The molecule has 1 amide bonds. The zero-order valence-electron chi connectivity index (χ0n) is 22.4. The van der Waals surface area contributed by atoms with Gasteiger partial charge in [-0.1, -0.05) is 91.0 Å². The number of carbonyl (C=O) groups excluding carboxylic acids is 2. The smallest absolute Gasteiger partial charge is 0.411 e. The average molecular weight is 554 g/mol. The van der Waals surface area contributed by atoms with Crippen LogP contribution in [0.2, 0.25) is 0 Å². The van der Waals surface area contributed by atoms with E-state index < -0.39 is 30.3 Å². The summed E-state index contributed by atoms with van der Waals surface area (Å²) in [5, 5.41) is 11.1. The van der Waals surface area contributed by atoms with E-state index in [1.807, 2.05) is 115 Å². The quantitative estimate of drug-likeness (QED) is 0.260. The van der Waals surface area contributed by atoms with Crippen molar-refractivity contribution in [3.8, 4) is 11.5 Å². The fourth-order valence-corrected chi connectivity index (χ4v) is 4.51. The summed E-state index contributed by atoms with van der Waals surface area (Å²) < 4.78 is 22.8. The minimum absolute atomic E-state index is 0.0126. The Morgan fingerprint density at radius 2 is 1.17 bits per heavy atom. The molecule has 0 bridgehead atoms. The molecule has 1 saturated heterocycles. The number of likely N-dealkylation sites (tertiary alicyclic amines) is 1. The average Bonchev–Trinajstić information content (AvgIpc) is 3.36. The maximum absolute atomic E-state index is 13.1. The SMILES string of the molecule is O=C(OCc1ccccc1)[C@@H]1[C@@H](O)[C@H](OCc2ccc(Oc3ccccc3)cc2)CN1C(=O)OCc1ccccc1. The standard InChI is InChI=1S/C33H31NO7/c35-31-29(38-21-26-16-18-28(19-17-26)41-27-14-8-3-9-15-27)20-34(33(37)40-23-25-12-6-2-7-13-25)30(31)32(36)39-22-24-10-4-1-5-11-24/h1-19,29-31,35H,20-23H2/t29-,30+,31+/m1/s1. The predicted octanol–water partition coefficient (Wildman–Crippen LogP) is 5.49. The summed E-state index contributed by atoms with van der Waals surface area (Å²) >= 11 is 0. The van der Waals surface area contributed by atoms with Crippen molar-refractivity contribution in [2.24, 2.45) is 0 Å². The number of aliphatic hydroxyl groups is 1. The Kier molecular flexibility index (Phi) is 9.26. The minimum Gasteiger partial charge on any atom is -0.459 e. The van der Waals surface area contributed by atoms with Crippen molar-refractivity contribution in [2.75, 3.05) is 6.54 Å². The number of ether oxygens (including phenoxy) is 4. The molecule has 0 aromatic heterocycles. The number of esters is 1. The van der Waals surface area contributed by atoms with Crippen molar-refractivity contribution in [3.05, 3.63) is 132 Å². The number of para-hydroxylation sites is 1. The van der Waals surface area contributed by atoms with E-state index in [9.17, 15) is 14.7 Å². The fraction of sp³-hybridized carbons (Fsp3) is 0.212. The molecule has 0 radical (unpaired) electrons. The molecule has 0 aliphatic carbocycles. The van der Waals surface area contributed by atoms with Crippen LogP contribution in [0.5, 0.6) is 11.5 Å². The summed E-state index contributed by atoms with van der Waals surface area (Å²) in [6.45, 7) is 0.167. The number of hydrogen-bond acceptors (Lipinski definition) is 7. The monoisotopic (exact) mass is 553 g/mol. The Balaban J connectivity index is 1.23. The molecule has 210 valence electrons. The van der Waals surface area contributed by atoms with Gasteiger partial charge in [-0.25, -0.2) is 9.59 Å². The van der Waals surface area contributed by atoms with Gasteiger partial charge >= 0.3 is 12.1 Å². The number of aliphatic hydroxyl groups excluding tert-OH is 1. The highest BCUT2D eigenvalue weighted by Gasteiger charge is 2.49. The maximum atomic E-state index is 13.1. The highest BCUT2D eigenvalue weighted by molar-refractivity contribution is 5.83. The maximum Gasteiger partial charge on any atom is 0.411 e. The Hall–Kier alpha value is -4.66. The van der Waals surface area contributed by atoms with E-state index in [2.05, 4.69) is 0 Å². The second kappa shape index (κ2) is 13.6. The number of nitrogens with zero attached hydrogens (tertiary/aromatic N) is 1. The highest BCUT2D eigenvalue weighted by Crippen LogP contribution is 2.26. The number of benzene rings is 4. The first-order valence-corrected chi connectivity index (χ1v) is 13.4. The van der Waals surface area contributed by atoms with E-state index in [0.29, 0.717) is 5.75 Å². The van der Waals surface area contributed by atoms with E-state index in [4.69, 9.17) is 18.9 Å². The van der Waals surface area contributed by atoms with Crippen molar-refractivity contribution in [3.63, 3.8) is 0 Å². The van der Waals surface area contributed by atoms with E-state index in [1.54, 1.807) is 0 Å². The molecular weight excluding hydrogens is 522 g/mol. The summed E-state index contributed by atoms with van der Waals surface area (Å²) in [5.41, 5.74) is 2.43. The first-order valence-electron chi connectivity index (χ1n) is 13.4. The predicted molar refractivity (Wildman–Crippen MR) is 151 cm³/mol. The van der Waals surface area contributed by atoms with Crippen LogP contribution in [0.15, 0.2) is 115 Å².